The maximum atomic E-state index is 13.0. The zero-order valence-corrected chi connectivity index (χ0v) is 6.49. The summed E-state index contributed by atoms with van der Waals surface area (Å²) in [6.07, 6.45) is 1.66. The van der Waals surface area contributed by atoms with E-state index in [1.165, 1.54) is 6.07 Å². The minimum Gasteiger partial charge on any atom is -0.359 e. The average molecular weight is 167 g/mol. The van der Waals surface area contributed by atoms with Crippen LogP contribution in [-0.4, -0.2) is 4.98 Å². The predicted molar refractivity (Wildman–Crippen MR) is 43.0 cm³/mol. The monoisotopic (exact) mass is 167 g/mol. The molecule has 1 aromatic heterocycles. The van der Waals surface area contributed by atoms with Crippen LogP contribution in [0.2, 0.25) is 0 Å². The fourth-order valence-electron chi connectivity index (χ4n) is 1.29. The summed E-state index contributed by atoms with van der Waals surface area (Å²) >= 11 is 0. The van der Waals surface area contributed by atoms with E-state index in [0.717, 1.165) is 11.6 Å². The molecule has 0 radical (unpaired) electrons. The van der Waals surface area contributed by atoms with Crippen LogP contribution in [0.5, 0.6) is 0 Å². The normalized spacial score (nSPS) is 10.9. The van der Waals surface area contributed by atoms with Gasteiger partial charge in [0.05, 0.1) is 5.52 Å². The van der Waals surface area contributed by atoms with Crippen LogP contribution in [0.4, 0.5) is 8.78 Å². The molecule has 0 fully saturated rings. The molecule has 1 N–H and O–H groups in total. The predicted octanol–water partition coefficient (Wildman–Crippen LogP) is 2.75. The maximum Gasteiger partial charge on any atom is 0.150 e. The molecular weight excluding hydrogens is 160 g/mol. The van der Waals surface area contributed by atoms with Gasteiger partial charge in [0.25, 0.3) is 0 Å². The molecule has 0 bridgehead atoms. The molecule has 62 valence electrons. The summed E-state index contributed by atoms with van der Waals surface area (Å²) in [4.78, 5) is 2.74. The molecule has 0 unspecified atom stereocenters. The summed E-state index contributed by atoms with van der Waals surface area (Å²) < 4.78 is 25.7. The Morgan fingerprint density at radius 3 is 2.75 bits per heavy atom. The van der Waals surface area contributed by atoms with Crippen molar-refractivity contribution in [3.63, 3.8) is 0 Å². The van der Waals surface area contributed by atoms with Crippen LogP contribution in [0.1, 0.15) is 5.56 Å². The van der Waals surface area contributed by atoms with Gasteiger partial charge in [0.15, 0.2) is 0 Å². The molecule has 0 atom stereocenters. The Morgan fingerprint density at radius 2 is 2.00 bits per heavy atom. The van der Waals surface area contributed by atoms with Gasteiger partial charge in [0.2, 0.25) is 0 Å². The van der Waals surface area contributed by atoms with Gasteiger partial charge >= 0.3 is 0 Å². The lowest BCUT2D eigenvalue weighted by Crippen LogP contribution is -1.81. The van der Waals surface area contributed by atoms with E-state index in [4.69, 9.17) is 0 Å². The zero-order valence-electron chi connectivity index (χ0n) is 6.49. The van der Waals surface area contributed by atoms with Crippen molar-refractivity contribution in [1.82, 2.24) is 4.98 Å². The topological polar surface area (TPSA) is 15.8 Å². The minimum absolute atomic E-state index is 0.369. The average Bonchev–Trinajstić information content (AvgIpc) is 2.33. The summed E-state index contributed by atoms with van der Waals surface area (Å²) in [5.41, 5.74) is 1.22. The highest BCUT2D eigenvalue weighted by atomic mass is 19.1. The Kier molecular flexibility index (Phi) is 1.40. The van der Waals surface area contributed by atoms with Gasteiger partial charge in [-0.15, -0.1) is 0 Å². The number of aromatic nitrogens is 1. The maximum absolute atomic E-state index is 13.0. The molecule has 0 spiro atoms. The second-order valence-corrected chi connectivity index (χ2v) is 2.78. The van der Waals surface area contributed by atoms with Crippen molar-refractivity contribution < 1.29 is 8.78 Å². The third-order valence-corrected chi connectivity index (χ3v) is 1.91. The summed E-state index contributed by atoms with van der Waals surface area (Å²) in [6, 6.07) is 2.20. The lowest BCUT2D eigenvalue weighted by molar-refractivity contribution is 0.591. The molecule has 0 aliphatic heterocycles. The number of H-pyrrole nitrogens is 1. The van der Waals surface area contributed by atoms with Gasteiger partial charge in [-0.2, -0.15) is 0 Å². The first-order valence-electron chi connectivity index (χ1n) is 3.61. The Labute approximate surface area is 68.0 Å². The summed E-state index contributed by atoms with van der Waals surface area (Å²) in [7, 11) is 0. The first kappa shape index (κ1) is 7.28. The van der Waals surface area contributed by atoms with Crippen LogP contribution in [0.3, 0.4) is 0 Å². The summed E-state index contributed by atoms with van der Waals surface area (Å²) in [6.45, 7) is 1.80. The molecule has 3 heteroatoms. The molecule has 2 aromatic rings. The molecule has 0 aliphatic carbocycles. The number of hydrogen-bond acceptors (Lipinski definition) is 0. The van der Waals surface area contributed by atoms with Crippen molar-refractivity contribution in [2.75, 3.05) is 0 Å². The van der Waals surface area contributed by atoms with Crippen LogP contribution >= 0.6 is 0 Å². The van der Waals surface area contributed by atoms with Gasteiger partial charge in [-0.1, -0.05) is 0 Å². The number of halogens is 2. The molecule has 1 aromatic carbocycles. The largest absolute Gasteiger partial charge is 0.359 e. The first-order valence-corrected chi connectivity index (χ1v) is 3.61. The molecule has 1 nitrogen and oxygen atoms in total. The molecule has 12 heavy (non-hydrogen) atoms. The van der Waals surface area contributed by atoms with Crippen molar-refractivity contribution in [3.8, 4) is 0 Å². The van der Waals surface area contributed by atoms with Crippen molar-refractivity contribution in [2.24, 2.45) is 0 Å². The Hall–Kier alpha value is -1.38. The highest BCUT2D eigenvalue weighted by Gasteiger charge is 2.06. The van der Waals surface area contributed by atoms with Gasteiger partial charge in [0.1, 0.15) is 11.6 Å². The molecule has 0 aliphatic rings. The zero-order chi connectivity index (χ0) is 8.72. The number of aryl methyl sites for hydroxylation is 1. The van der Waals surface area contributed by atoms with Gasteiger partial charge < -0.3 is 4.98 Å². The van der Waals surface area contributed by atoms with Gasteiger partial charge in [-0.05, 0) is 18.6 Å². The van der Waals surface area contributed by atoms with Gasteiger partial charge in [-0.25, -0.2) is 8.78 Å². The van der Waals surface area contributed by atoms with Gasteiger partial charge in [0, 0.05) is 17.6 Å². The fourth-order valence-corrected chi connectivity index (χ4v) is 1.29. The van der Waals surface area contributed by atoms with E-state index in [-0.39, 0.29) is 0 Å². The summed E-state index contributed by atoms with van der Waals surface area (Å²) in [5, 5.41) is 0.604. The standard InChI is InChI=1S/C9H7F2N/c1-5-4-12-9-7(5)2-6(10)3-8(9)11/h2-4,12H,1H3. The lowest BCUT2D eigenvalue weighted by atomic mass is 10.2. The first-order chi connectivity index (χ1) is 5.68. The summed E-state index contributed by atoms with van der Waals surface area (Å²) in [5.74, 6) is -1.08. The third-order valence-electron chi connectivity index (χ3n) is 1.91. The van der Waals surface area contributed by atoms with Crippen LogP contribution in [0, 0.1) is 18.6 Å². The Balaban J connectivity index is 2.92. The van der Waals surface area contributed by atoms with E-state index in [0.29, 0.717) is 10.9 Å². The third kappa shape index (κ3) is 0.897. The molecule has 0 saturated heterocycles. The molecule has 0 amide bonds. The minimum atomic E-state index is -0.543. The van der Waals surface area contributed by atoms with E-state index in [1.807, 2.05) is 0 Å². The smallest absolute Gasteiger partial charge is 0.150 e. The van der Waals surface area contributed by atoms with Crippen LogP contribution < -0.4 is 0 Å². The Morgan fingerprint density at radius 1 is 1.25 bits per heavy atom. The van der Waals surface area contributed by atoms with E-state index >= 15 is 0 Å². The SMILES string of the molecule is Cc1c[nH]c2c(F)cc(F)cc12. The number of fused-ring (bicyclic) bond motifs is 1. The quantitative estimate of drug-likeness (QED) is 0.621. The fraction of sp³-hybridized carbons (Fsp3) is 0.111. The molecule has 0 saturated carbocycles. The van der Waals surface area contributed by atoms with E-state index in [2.05, 4.69) is 4.98 Å². The van der Waals surface area contributed by atoms with Crippen LogP contribution in [-0.2, 0) is 0 Å². The van der Waals surface area contributed by atoms with Crippen molar-refractivity contribution in [3.05, 3.63) is 35.5 Å². The second kappa shape index (κ2) is 2.30. The van der Waals surface area contributed by atoms with Crippen LogP contribution in [0.25, 0.3) is 10.9 Å². The van der Waals surface area contributed by atoms with Crippen molar-refractivity contribution in [2.45, 2.75) is 6.92 Å². The van der Waals surface area contributed by atoms with Crippen molar-refractivity contribution in [1.29, 1.82) is 0 Å². The Bertz CT molecular complexity index is 431. The van der Waals surface area contributed by atoms with Gasteiger partial charge in [-0.3, -0.25) is 0 Å². The molecule has 2 rings (SSSR count). The highest BCUT2D eigenvalue weighted by molar-refractivity contribution is 5.83. The molecule has 1 heterocycles. The second-order valence-electron chi connectivity index (χ2n) is 2.78. The number of benzene rings is 1. The van der Waals surface area contributed by atoms with Crippen LogP contribution in [0.15, 0.2) is 18.3 Å². The lowest BCUT2D eigenvalue weighted by Gasteiger charge is -1.93. The molecular formula is C9H7F2N. The number of hydrogen-bond donors (Lipinski definition) is 1. The van der Waals surface area contributed by atoms with E-state index in [9.17, 15) is 8.78 Å². The van der Waals surface area contributed by atoms with E-state index < -0.39 is 11.6 Å². The van der Waals surface area contributed by atoms with Crippen molar-refractivity contribution >= 4 is 10.9 Å². The number of rotatable bonds is 0. The highest BCUT2D eigenvalue weighted by Crippen LogP contribution is 2.21. The number of aromatic amines is 1. The number of nitrogens with one attached hydrogen (secondary N) is 1. The van der Waals surface area contributed by atoms with E-state index in [1.54, 1.807) is 13.1 Å².